The number of azo groups is 1. The van der Waals surface area contributed by atoms with Crippen LogP contribution in [0.15, 0.2) is 173 Å². The van der Waals surface area contributed by atoms with Gasteiger partial charge in [0.2, 0.25) is 0 Å². The van der Waals surface area contributed by atoms with E-state index in [-0.39, 0.29) is 107 Å². The van der Waals surface area contributed by atoms with Gasteiger partial charge in [-0.15, -0.1) is 0 Å². The molecule has 0 radical (unpaired) electrons. The molecule has 0 spiro atoms. The van der Waals surface area contributed by atoms with Gasteiger partial charge < -0.3 is 20.0 Å². The summed E-state index contributed by atoms with van der Waals surface area (Å²) in [4.78, 5) is 46.3. The van der Waals surface area contributed by atoms with Gasteiger partial charge in [0.1, 0.15) is 48.7 Å². The summed E-state index contributed by atoms with van der Waals surface area (Å²) in [5.74, 6) is -1.58. The van der Waals surface area contributed by atoms with Gasteiger partial charge in [-0.1, -0.05) is 96.0 Å². The number of carbonyl (C=O) groups excluding carboxylic acids is 1. The van der Waals surface area contributed by atoms with Crippen LogP contribution in [-0.4, -0.2) is 133 Å². The number of nitrogens with one attached hydrogen (secondary N) is 4. The largest absolute Gasteiger partial charge is 0.495 e. The Balaban J connectivity index is 0.807. The topological polar surface area (TPSA) is 431 Å². The Kier molecular flexibility index (Phi) is 15.2. The Morgan fingerprint density at radius 1 is 0.591 bits per heavy atom. The fourth-order valence-electron chi connectivity index (χ4n) is 10.5. The summed E-state index contributed by atoms with van der Waals surface area (Å²) in [6, 6.07) is 29.7. The highest BCUT2D eigenvalue weighted by molar-refractivity contribution is 7.93. The maximum Gasteiger partial charge on any atom is 0.296 e. The van der Waals surface area contributed by atoms with Gasteiger partial charge in [0, 0.05) is 56.5 Å². The van der Waals surface area contributed by atoms with E-state index < -0.39 is 98.2 Å². The van der Waals surface area contributed by atoms with Gasteiger partial charge in [-0.25, -0.2) is 46.7 Å². The molecule has 3 aliphatic rings. The highest BCUT2D eigenvalue weighted by Crippen LogP contribution is 2.43. The lowest BCUT2D eigenvalue weighted by molar-refractivity contribution is -0.117. The molecule has 3 aromatic heterocycles. The molecule has 1 atom stereocenters. The molecule has 0 fully saturated rings. The third-order valence-corrected chi connectivity index (χ3v) is 21.3. The van der Waals surface area contributed by atoms with Crippen LogP contribution >= 0.6 is 23.2 Å². The average molecular weight is 1390 g/mol. The van der Waals surface area contributed by atoms with Crippen LogP contribution in [0.2, 0.25) is 10.0 Å². The SMILES string of the molecule is COc1cc(S(=O)(=O)CCNc2ccc(S(=O)(=O)O)c(N=NC3C(=O)N(c4cc(Cl)c(S(=O)(=O)O)cc4Cl)N=C3C)c2)ccc1NS(=O)(=O)c1cccc2c1-c1nc-2nc2[nH]c(nc3nc(nc4[nH]c(n1)c1cccc(S(=O)(=O)O)c41)-c1ccccc1-3)c1ccccc21. The van der Waals surface area contributed by atoms with Crippen molar-refractivity contribution in [2.24, 2.45) is 15.3 Å². The number of rotatable bonds is 15. The lowest BCUT2D eigenvalue weighted by atomic mass is 10.1. The first-order valence-electron chi connectivity index (χ1n) is 26.9. The van der Waals surface area contributed by atoms with E-state index >= 15 is 0 Å². The van der Waals surface area contributed by atoms with Crippen LogP contribution in [0.25, 0.3) is 89.7 Å². The fourth-order valence-corrected chi connectivity index (χ4v) is 15.7. The minimum atomic E-state index is -4.98. The Morgan fingerprint density at radius 3 is 1.83 bits per heavy atom. The number of nitrogens with zero attached hydrogens (tertiary/aromatic N) is 10. The smallest absolute Gasteiger partial charge is 0.296 e. The Labute approximate surface area is 535 Å². The molecule has 36 heteroatoms. The van der Waals surface area contributed by atoms with Crippen LogP contribution in [0.3, 0.4) is 0 Å². The number of sulfonamides is 1. The number of aromatic nitrogens is 8. The van der Waals surface area contributed by atoms with Crippen molar-refractivity contribution in [1.29, 1.82) is 0 Å². The van der Waals surface area contributed by atoms with E-state index in [0.29, 0.717) is 27.5 Å². The zero-order valence-electron chi connectivity index (χ0n) is 47.2. The molecule has 7 aromatic carbocycles. The summed E-state index contributed by atoms with van der Waals surface area (Å²) in [5.41, 5.74) is 0.948. The van der Waals surface area contributed by atoms with Crippen molar-refractivity contribution in [1.82, 2.24) is 39.9 Å². The summed E-state index contributed by atoms with van der Waals surface area (Å²) in [7, 11) is -22.5. The number of hydrogen-bond donors (Lipinski definition) is 7. The normalized spacial score (nSPS) is 14.4. The van der Waals surface area contributed by atoms with Gasteiger partial charge >= 0.3 is 0 Å². The van der Waals surface area contributed by atoms with E-state index in [2.05, 4.69) is 35.3 Å². The van der Waals surface area contributed by atoms with Crippen LogP contribution in [0.4, 0.5) is 22.7 Å². The molecule has 1 amide bonds. The summed E-state index contributed by atoms with van der Waals surface area (Å²) in [6.45, 7) is 1.03. The van der Waals surface area contributed by atoms with E-state index in [1.165, 1.54) is 56.5 Å². The molecular formula is C57H40Cl2N14O15S5. The lowest BCUT2D eigenvalue weighted by Gasteiger charge is -2.15. The van der Waals surface area contributed by atoms with Crippen LogP contribution in [0.5, 0.6) is 5.75 Å². The van der Waals surface area contributed by atoms with Crippen LogP contribution in [0.1, 0.15) is 6.92 Å². The number of hydrazone groups is 1. The highest BCUT2D eigenvalue weighted by Gasteiger charge is 2.37. The number of fused-ring (bicyclic) bond motifs is 20. The van der Waals surface area contributed by atoms with E-state index in [1.807, 2.05) is 18.2 Å². The second kappa shape index (κ2) is 22.8. The van der Waals surface area contributed by atoms with Crippen molar-refractivity contribution < 1.29 is 65.3 Å². The molecule has 93 heavy (non-hydrogen) atoms. The Bertz CT molecular complexity index is 5820. The number of methoxy groups -OCH3 is 1. The predicted octanol–water partition coefficient (Wildman–Crippen LogP) is 9.49. The molecular weight excluding hydrogens is 1350 g/mol. The monoisotopic (exact) mass is 1390 g/mol. The van der Waals surface area contributed by atoms with E-state index in [9.17, 15) is 60.5 Å². The zero-order valence-corrected chi connectivity index (χ0v) is 52.8. The van der Waals surface area contributed by atoms with Crippen LogP contribution < -0.4 is 19.8 Å². The maximum absolute atomic E-state index is 15.0. The molecule has 29 nitrogen and oxygen atoms in total. The van der Waals surface area contributed by atoms with Crippen molar-refractivity contribution in [2.45, 2.75) is 37.4 Å². The van der Waals surface area contributed by atoms with Crippen molar-refractivity contribution in [2.75, 3.05) is 34.5 Å². The van der Waals surface area contributed by atoms with Crippen molar-refractivity contribution in [3.8, 4) is 51.3 Å². The summed E-state index contributed by atoms with van der Waals surface area (Å²) >= 11 is 12.3. The molecule has 8 bridgehead atoms. The van der Waals surface area contributed by atoms with Gasteiger partial charge in [0.05, 0.1) is 55.3 Å². The number of H-pyrrole nitrogens is 2. The first-order valence-corrected chi connectivity index (χ1v) is 35.1. The molecule has 0 saturated carbocycles. The third kappa shape index (κ3) is 11.4. The number of halogens is 2. The molecule has 0 saturated heterocycles. The van der Waals surface area contributed by atoms with E-state index in [4.69, 9.17) is 57.8 Å². The average Bonchev–Trinajstić information content (AvgIpc) is 1.62. The van der Waals surface area contributed by atoms with E-state index in [1.54, 1.807) is 36.4 Å². The molecule has 472 valence electrons. The van der Waals surface area contributed by atoms with Gasteiger partial charge in [-0.3, -0.25) is 23.2 Å². The second-order valence-electron chi connectivity index (χ2n) is 20.6. The number of sulfone groups is 1. The number of amides is 1. The van der Waals surface area contributed by atoms with Crippen molar-refractivity contribution >= 4 is 152 Å². The standard InChI is InChI=1S/C57H40Cl2N14O15S5/c1-27-48(57(74)73(71-27)40-25-37(59)45(26-36(40)58)93(85,86)87)70-69-39-23-28(17-20-42(39)91(79,80)81)60-21-22-89(75,76)29-18-19-38(41(24-29)88-2)72-90(77,78)43-15-7-13-34-46(43)55-66-53(34)64-51-31-10-4-3-9-30(31)49(62-51)61-50-32-11-5-6-12-33(32)52(63-50)65-56-47-35(54(67-55)68-56)14-8-16-44(47)92(82,83)84/h3-20,23-26,48,60,72H,21-22H2,1-2H3,(H,79,80,81)(H,82,83,84)(H,85,86,87)(H2,61,62,63,64,65,66,67,68). The number of ether oxygens (including phenoxy) is 1. The number of benzene rings is 7. The minimum Gasteiger partial charge on any atom is -0.495 e. The van der Waals surface area contributed by atoms with Crippen molar-refractivity contribution in [3.63, 3.8) is 0 Å². The van der Waals surface area contributed by atoms with Crippen LogP contribution in [0, 0.1) is 0 Å². The summed E-state index contributed by atoms with van der Waals surface area (Å²) in [6.07, 6.45) is 0. The van der Waals surface area contributed by atoms with E-state index in [0.717, 1.165) is 41.4 Å². The molecule has 10 aromatic rings. The molecule has 0 aliphatic carbocycles. The first-order chi connectivity index (χ1) is 44.1. The fraction of sp³-hybridized carbons (Fsp3) is 0.0877. The number of hydrogen-bond acceptors (Lipinski definition) is 22. The summed E-state index contributed by atoms with van der Waals surface area (Å²) in [5, 5.41) is 16.0. The van der Waals surface area contributed by atoms with Gasteiger partial charge in [0.25, 0.3) is 46.3 Å². The number of carbonyl (C=O) groups is 1. The Hall–Kier alpha value is -9.75. The third-order valence-electron chi connectivity index (χ3n) is 14.8. The first kappa shape index (κ1) is 62.1. The predicted molar refractivity (Wildman–Crippen MR) is 342 cm³/mol. The second-order valence-corrected chi connectivity index (χ2v) is 29.4. The van der Waals surface area contributed by atoms with Gasteiger partial charge in [-0.05, 0) is 61.5 Å². The van der Waals surface area contributed by atoms with Crippen molar-refractivity contribution in [3.05, 3.63) is 144 Å². The maximum atomic E-state index is 15.0. The van der Waals surface area contributed by atoms with Crippen LogP contribution in [-0.2, 0) is 55.0 Å². The molecule has 13 rings (SSSR count). The Morgan fingerprint density at radius 2 is 1.16 bits per heavy atom. The molecule has 3 aliphatic heterocycles. The number of anilines is 3. The highest BCUT2D eigenvalue weighted by atomic mass is 35.5. The summed E-state index contributed by atoms with van der Waals surface area (Å²) < 4.78 is 170. The van der Waals surface area contributed by atoms with Gasteiger partial charge in [0.15, 0.2) is 39.2 Å². The quantitative estimate of drug-likeness (QED) is 0.0371. The molecule has 6 heterocycles. The lowest BCUT2D eigenvalue weighted by Crippen LogP contribution is -2.30. The van der Waals surface area contributed by atoms with Gasteiger partial charge in [-0.2, -0.15) is 45.6 Å². The zero-order chi connectivity index (χ0) is 65.8. The number of aromatic amines is 2. The minimum absolute atomic E-state index is 0.00441. The molecule has 1 unspecified atom stereocenters. The molecule has 7 N–H and O–H groups in total.